The van der Waals surface area contributed by atoms with Crippen LogP contribution in [0.4, 0.5) is 0 Å². The summed E-state index contributed by atoms with van der Waals surface area (Å²) < 4.78 is 8.10. The number of rotatable bonds is 5. The van der Waals surface area contributed by atoms with Crippen molar-refractivity contribution in [1.82, 2.24) is 15.1 Å². The Hall–Kier alpha value is -0.870. The standard InChI is InChI=1S/C15H27N3O/c1-5-16-14(15(3)8-6-7-9-19-15)11-13-10-12(2)17-18(13)4/h10,14,16H,5-9,11H2,1-4H3. The Morgan fingerprint density at radius 3 is 2.84 bits per heavy atom. The molecule has 2 unspecified atom stereocenters. The first-order valence-electron chi connectivity index (χ1n) is 7.42. The Morgan fingerprint density at radius 1 is 1.53 bits per heavy atom. The van der Waals surface area contributed by atoms with E-state index in [-0.39, 0.29) is 5.60 Å². The molecule has 0 radical (unpaired) electrons. The molecule has 0 saturated carbocycles. The number of aryl methyl sites for hydroxylation is 2. The van der Waals surface area contributed by atoms with E-state index < -0.39 is 0 Å². The Kier molecular flexibility index (Phi) is 4.63. The molecule has 2 rings (SSSR count). The lowest BCUT2D eigenvalue weighted by Crippen LogP contribution is -2.53. The van der Waals surface area contributed by atoms with Gasteiger partial charge in [0.2, 0.25) is 0 Å². The van der Waals surface area contributed by atoms with E-state index in [1.54, 1.807) is 0 Å². The molecule has 4 heteroatoms. The Balaban J connectivity index is 2.13. The monoisotopic (exact) mass is 265 g/mol. The van der Waals surface area contributed by atoms with Crippen molar-refractivity contribution in [2.24, 2.45) is 7.05 Å². The molecule has 1 aromatic rings. The molecule has 0 amide bonds. The predicted molar refractivity (Wildman–Crippen MR) is 77.3 cm³/mol. The van der Waals surface area contributed by atoms with Crippen LogP contribution in [0.2, 0.25) is 0 Å². The summed E-state index contributed by atoms with van der Waals surface area (Å²) in [4.78, 5) is 0. The molecular formula is C15H27N3O. The van der Waals surface area contributed by atoms with E-state index in [1.807, 2.05) is 18.7 Å². The number of nitrogens with one attached hydrogen (secondary N) is 1. The summed E-state index contributed by atoms with van der Waals surface area (Å²) in [5.41, 5.74) is 2.31. The fourth-order valence-electron chi connectivity index (χ4n) is 3.05. The molecule has 1 saturated heterocycles. The highest BCUT2D eigenvalue weighted by atomic mass is 16.5. The third-order valence-electron chi connectivity index (χ3n) is 4.20. The third kappa shape index (κ3) is 3.37. The second-order valence-electron chi connectivity index (χ2n) is 5.83. The van der Waals surface area contributed by atoms with Gasteiger partial charge in [0.25, 0.3) is 0 Å². The van der Waals surface area contributed by atoms with Crippen molar-refractivity contribution in [3.63, 3.8) is 0 Å². The summed E-state index contributed by atoms with van der Waals surface area (Å²) in [7, 11) is 2.02. The van der Waals surface area contributed by atoms with Crippen LogP contribution in [-0.4, -0.2) is 34.6 Å². The fourth-order valence-corrected chi connectivity index (χ4v) is 3.05. The van der Waals surface area contributed by atoms with Gasteiger partial charge in [0.1, 0.15) is 0 Å². The highest BCUT2D eigenvalue weighted by molar-refractivity contribution is 5.12. The first kappa shape index (κ1) is 14.5. The fraction of sp³-hybridized carbons (Fsp3) is 0.800. The highest BCUT2D eigenvalue weighted by Crippen LogP contribution is 2.29. The lowest BCUT2D eigenvalue weighted by atomic mass is 9.85. The van der Waals surface area contributed by atoms with Crippen LogP contribution < -0.4 is 5.32 Å². The van der Waals surface area contributed by atoms with Gasteiger partial charge in [-0.2, -0.15) is 5.10 Å². The van der Waals surface area contributed by atoms with Crippen LogP contribution in [0.5, 0.6) is 0 Å². The zero-order valence-electron chi connectivity index (χ0n) is 12.7. The van der Waals surface area contributed by atoms with E-state index >= 15 is 0 Å². The molecule has 1 N–H and O–H groups in total. The quantitative estimate of drug-likeness (QED) is 0.887. The summed E-state index contributed by atoms with van der Waals surface area (Å²) in [5, 5.41) is 8.05. The van der Waals surface area contributed by atoms with Gasteiger partial charge < -0.3 is 10.1 Å². The summed E-state index contributed by atoms with van der Waals surface area (Å²) >= 11 is 0. The highest BCUT2D eigenvalue weighted by Gasteiger charge is 2.36. The van der Waals surface area contributed by atoms with Crippen LogP contribution >= 0.6 is 0 Å². The van der Waals surface area contributed by atoms with E-state index in [0.29, 0.717) is 6.04 Å². The van der Waals surface area contributed by atoms with Crippen molar-refractivity contribution < 1.29 is 4.74 Å². The third-order valence-corrected chi connectivity index (χ3v) is 4.20. The Bertz CT molecular complexity index is 408. The molecule has 1 fully saturated rings. The lowest BCUT2D eigenvalue weighted by Gasteiger charge is -2.41. The van der Waals surface area contributed by atoms with Crippen LogP contribution in [-0.2, 0) is 18.2 Å². The maximum absolute atomic E-state index is 6.11. The molecule has 0 aromatic carbocycles. The Morgan fingerprint density at radius 2 is 2.32 bits per heavy atom. The van der Waals surface area contributed by atoms with Crippen LogP contribution in [0.25, 0.3) is 0 Å². The van der Waals surface area contributed by atoms with E-state index in [0.717, 1.165) is 31.7 Å². The average molecular weight is 265 g/mol. The van der Waals surface area contributed by atoms with Gasteiger partial charge in [-0.3, -0.25) is 4.68 Å². The van der Waals surface area contributed by atoms with Gasteiger partial charge in [0.05, 0.1) is 11.3 Å². The maximum atomic E-state index is 6.11. The number of hydrogen-bond acceptors (Lipinski definition) is 3. The molecular weight excluding hydrogens is 238 g/mol. The van der Waals surface area contributed by atoms with Gasteiger partial charge in [-0.1, -0.05) is 6.92 Å². The van der Waals surface area contributed by atoms with E-state index in [9.17, 15) is 0 Å². The minimum Gasteiger partial charge on any atom is -0.374 e. The van der Waals surface area contributed by atoms with Gasteiger partial charge in [-0.25, -0.2) is 0 Å². The molecule has 1 aliphatic rings. The molecule has 1 aliphatic heterocycles. The Labute approximate surface area is 116 Å². The second-order valence-corrected chi connectivity index (χ2v) is 5.83. The molecule has 108 valence electrons. The summed E-state index contributed by atoms with van der Waals surface area (Å²) in [6.45, 7) is 8.32. The summed E-state index contributed by atoms with van der Waals surface area (Å²) in [5.74, 6) is 0. The molecule has 1 aromatic heterocycles. The smallest absolute Gasteiger partial charge is 0.0810 e. The van der Waals surface area contributed by atoms with Crippen LogP contribution in [0.15, 0.2) is 6.07 Å². The maximum Gasteiger partial charge on any atom is 0.0810 e. The largest absolute Gasteiger partial charge is 0.374 e. The number of likely N-dealkylation sites (N-methyl/N-ethyl adjacent to an activating group) is 1. The molecule has 0 bridgehead atoms. The van der Waals surface area contributed by atoms with Crippen molar-refractivity contribution in [3.8, 4) is 0 Å². The molecule has 19 heavy (non-hydrogen) atoms. The van der Waals surface area contributed by atoms with E-state index in [4.69, 9.17) is 4.74 Å². The van der Waals surface area contributed by atoms with Gasteiger partial charge in [-0.05, 0) is 45.7 Å². The van der Waals surface area contributed by atoms with Crippen molar-refractivity contribution in [2.45, 2.75) is 58.1 Å². The molecule has 2 heterocycles. The summed E-state index contributed by atoms with van der Waals surface area (Å²) in [6.07, 6.45) is 4.57. The zero-order valence-corrected chi connectivity index (χ0v) is 12.7. The lowest BCUT2D eigenvalue weighted by molar-refractivity contribution is -0.0884. The molecule has 0 aliphatic carbocycles. The SMILES string of the molecule is CCNC(Cc1cc(C)nn1C)C1(C)CCCCO1. The van der Waals surface area contributed by atoms with Crippen molar-refractivity contribution in [2.75, 3.05) is 13.2 Å². The number of nitrogens with zero attached hydrogens (tertiary/aromatic N) is 2. The number of hydrogen-bond donors (Lipinski definition) is 1. The first-order chi connectivity index (χ1) is 9.05. The van der Waals surface area contributed by atoms with Crippen LogP contribution in [0.3, 0.4) is 0 Å². The van der Waals surface area contributed by atoms with Gasteiger partial charge in [-0.15, -0.1) is 0 Å². The molecule has 2 atom stereocenters. The normalized spacial score (nSPS) is 25.5. The number of aromatic nitrogens is 2. The van der Waals surface area contributed by atoms with Gasteiger partial charge >= 0.3 is 0 Å². The second kappa shape index (κ2) is 6.06. The first-order valence-corrected chi connectivity index (χ1v) is 7.42. The topological polar surface area (TPSA) is 39.1 Å². The minimum absolute atomic E-state index is 0.0492. The zero-order chi connectivity index (χ0) is 13.9. The molecule has 0 spiro atoms. The van der Waals surface area contributed by atoms with E-state index in [2.05, 4.69) is 30.3 Å². The molecule has 4 nitrogen and oxygen atoms in total. The summed E-state index contributed by atoms with van der Waals surface area (Å²) in [6, 6.07) is 2.53. The van der Waals surface area contributed by atoms with Crippen LogP contribution in [0, 0.1) is 6.92 Å². The van der Waals surface area contributed by atoms with Crippen molar-refractivity contribution in [3.05, 3.63) is 17.5 Å². The number of ether oxygens (including phenoxy) is 1. The van der Waals surface area contributed by atoms with E-state index in [1.165, 1.54) is 18.5 Å². The van der Waals surface area contributed by atoms with Crippen LogP contribution in [0.1, 0.15) is 44.5 Å². The predicted octanol–water partition coefficient (Wildman–Crippen LogP) is 2.21. The minimum atomic E-state index is -0.0492. The van der Waals surface area contributed by atoms with Crippen molar-refractivity contribution >= 4 is 0 Å². The van der Waals surface area contributed by atoms with Gasteiger partial charge in [0.15, 0.2) is 0 Å². The van der Waals surface area contributed by atoms with Crippen molar-refractivity contribution in [1.29, 1.82) is 0 Å². The van der Waals surface area contributed by atoms with Gasteiger partial charge in [0, 0.05) is 31.8 Å². The average Bonchev–Trinajstić information content (AvgIpc) is 2.68.